The molecule has 0 bridgehead atoms. The second-order valence-electron chi connectivity index (χ2n) is 3.79. The molecule has 84 valence electrons. The van der Waals surface area contributed by atoms with E-state index in [1.54, 1.807) is 12.5 Å². The van der Waals surface area contributed by atoms with Gasteiger partial charge in [0.15, 0.2) is 0 Å². The van der Waals surface area contributed by atoms with Gasteiger partial charge in [-0.25, -0.2) is 9.97 Å². The summed E-state index contributed by atoms with van der Waals surface area (Å²) in [5, 5.41) is 3.30. The van der Waals surface area contributed by atoms with E-state index in [9.17, 15) is 0 Å². The summed E-state index contributed by atoms with van der Waals surface area (Å²) in [6.45, 7) is 5.21. The number of aromatic nitrogens is 2. The summed E-state index contributed by atoms with van der Waals surface area (Å²) in [6, 6.07) is 1.87. The maximum Gasteiger partial charge on any atom is 0.129 e. The Morgan fingerprint density at radius 3 is 2.60 bits per heavy atom. The lowest BCUT2D eigenvalue weighted by atomic mass is 9.84. The second-order valence-corrected chi connectivity index (χ2v) is 4.06. The summed E-state index contributed by atoms with van der Waals surface area (Å²) < 4.78 is 0. The summed E-state index contributed by atoms with van der Waals surface area (Å²) in [5.74, 6) is 1.54. The van der Waals surface area contributed by atoms with E-state index in [1.807, 2.05) is 6.07 Å². The molecule has 0 saturated heterocycles. The van der Waals surface area contributed by atoms with E-state index in [4.69, 9.17) is 11.6 Å². The topological polar surface area (TPSA) is 37.8 Å². The molecule has 0 atom stereocenters. The van der Waals surface area contributed by atoms with Crippen molar-refractivity contribution in [2.45, 2.75) is 26.7 Å². The number of hydrogen-bond donors (Lipinski definition) is 1. The number of rotatable bonds is 6. The van der Waals surface area contributed by atoms with Gasteiger partial charge in [0, 0.05) is 24.0 Å². The lowest BCUT2D eigenvalue weighted by Gasteiger charge is -2.29. The van der Waals surface area contributed by atoms with Crippen LogP contribution in [0.25, 0.3) is 0 Å². The van der Waals surface area contributed by atoms with Crippen LogP contribution in [0.15, 0.2) is 18.6 Å². The normalized spacial score (nSPS) is 11.4. The van der Waals surface area contributed by atoms with Crippen molar-refractivity contribution in [3.05, 3.63) is 18.6 Å². The standard InChI is InChI=1S/C11H18ClN3/c1-3-11(4-2,7-12)8-14-10-5-6-13-9-15-10/h5-6,9H,3-4,7-8H2,1-2H3,(H,13,14,15). The van der Waals surface area contributed by atoms with E-state index in [-0.39, 0.29) is 5.41 Å². The molecule has 0 aliphatic heterocycles. The van der Waals surface area contributed by atoms with Crippen LogP contribution in [0.3, 0.4) is 0 Å². The third-order valence-corrected chi connectivity index (χ3v) is 3.58. The van der Waals surface area contributed by atoms with E-state index in [1.165, 1.54) is 0 Å². The van der Waals surface area contributed by atoms with Crippen molar-refractivity contribution >= 4 is 17.4 Å². The zero-order valence-corrected chi connectivity index (χ0v) is 10.1. The number of nitrogens with zero attached hydrogens (tertiary/aromatic N) is 2. The van der Waals surface area contributed by atoms with Gasteiger partial charge in [-0.15, -0.1) is 11.6 Å². The van der Waals surface area contributed by atoms with Crippen LogP contribution < -0.4 is 5.32 Å². The Morgan fingerprint density at radius 2 is 2.13 bits per heavy atom. The Balaban J connectivity index is 2.54. The molecular weight excluding hydrogens is 210 g/mol. The molecule has 0 aromatic carbocycles. The summed E-state index contributed by atoms with van der Waals surface area (Å²) >= 11 is 6.02. The average Bonchev–Trinajstić information content (AvgIpc) is 2.33. The third kappa shape index (κ3) is 3.34. The van der Waals surface area contributed by atoms with Crippen LogP contribution in [0.5, 0.6) is 0 Å². The molecule has 0 spiro atoms. The zero-order valence-electron chi connectivity index (χ0n) is 9.33. The molecule has 1 rings (SSSR count). The molecule has 3 nitrogen and oxygen atoms in total. The second kappa shape index (κ2) is 5.91. The van der Waals surface area contributed by atoms with Crippen LogP contribution in [0.1, 0.15) is 26.7 Å². The first-order chi connectivity index (χ1) is 7.26. The Hall–Kier alpha value is -0.830. The quantitative estimate of drug-likeness (QED) is 0.760. The molecule has 1 aromatic rings. The number of halogens is 1. The Labute approximate surface area is 96.3 Å². The van der Waals surface area contributed by atoms with Crippen molar-refractivity contribution in [2.75, 3.05) is 17.7 Å². The van der Waals surface area contributed by atoms with Crippen molar-refractivity contribution in [3.8, 4) is 0 Å². The molecule has 1 heterocycles. The van der Waals surface area contributed by atoms with Crippen LogP contribution >= 0.6 is 11.6 Å². The third-order valence-electron chi connectivity index (χ3n) is 3.01. The van der Waals surface area contributed by atoms with Gasteiger partial charge in [0.2, 0.25) is 0 Å². The molecule has 0 radical (unpaired) electrons. The molecule has 4 heteroatoms. The largest absolute Gasteiger partial charge is 0.369 e. The molecular formula is C11H18ClN3. The molecule has 0 aliphatic carbocycles. The van der Waals surface area contributed by atoms with Crippen molar-refractivity contribution in [3.63, 3.8) is 0 Å². The van der Waals surface area contributed by atoms with Crippen molar-refractivity contribution in [1.82, 2.24) is 9.97 Å². The number of hydrogen-bond acceptors (Lipinski definition) is 3. The number of anilines is 1. The molecule has 0 amide bonds. The molecule has 1 N–H and O–H groups in total. The van der Waals surface area contributed by atoms with Crippen molar-refractivity contribution < 1.29 is 0 Å². The van der Waals surface area contributed by atoms with Crippen LogP contribution in [0.4, 0.5) is 5.82 Å². The number of alkyl halides is 1. The van der Waals surface area contributed by atoms with E-state index in [0.29, 0.717) is 5.88 Å². The minimum Gasteiger partial charge on any atom is -0.369 e. The van der Waals surface area contributed by atoms with Crippen LogP contribution in [-0.4, -0.2) is 22.4 Å². The van der Waals surface area contributed by atoms with Gasteiger partial charge >= 0.3 is 0 Å². The highest BCUT2D eigenvalue weighted by molar-refractivity contribution is 6.18. The first kappa shape index (κ1) is 12.2. The lowest BCUT2D eigenvalue weighted by molar-refractivity contribution is 0.326. The highest BCUT2D eigenvalue weighted by Gasteiger charge is 2.24. The first-order valence-electron chi connectivity index (χ1n) is 5.32. The van der Waals surface area contributed by atoms with Crippen molar-refractivity contribution in [2.24, 2.45) is 5.41 Å². The molecule has 0 unspecified atom stereocenters. The Morgan fingerprint density at radius 1 is 1.40 bits per heavy atom. The monoisotopic (exact) mass is 227 g/mol. The predicted molar refractivity (Wildman–Crippen MR) is 64.3 cm³/mol. The highest BCUT2D eigenvalue weighted by atomic mass is 35.5. The smallest absolute Gasteiger partial charge is 0.129 e. The molecule has 0 aliphatic rings. The van der Waals surface area contributed by atoms with E-state index in [0.717, 1.165) is 25.2 Å². The van der Waals surface area contributed by atoms with Gasteiger partial charge in [-0.3, -0.25) is 0 Å². The summed E-state index contributed by atoms with van der Waals surface area (Å²) in [7, 11) is 0. The minimum absolute atomic E-state index is 0.173. The van der Waals surface area contributed by atoms with Gasteiger partial charge in [-0.1, -0.05) is 13.8 Å². The summed E-state index contributed by atoms with van der Waals surface area (Å²) in [5.41, 5.74) is 0.173. The van der Waals surface area contributed by atoms with Crippen LogP contribution in [0.2, 0.25) is 0 Å². The van der Waals surface area contributed by atoms with E-state index >= 15 is 0 Å². The van der Waals surface area contributed by atoms with Gasteiger partial charge in [0.1, 0.15) is 12.1 Å². The van der Waals surface area contributed by atoms with Gasteiger partial charge in [-0.05, 0) is 18.9 Å². The Bertz CT molecular complexity index is 264. The van der Waals surface area contributed by atoms with Crippen molar-refractivity contribution in [1.29, 1.82) is 0 Å². The first-order valence-corrected chi connectivity index (χ1v) is 5.85. The Kier molecular flexibility index (Phi) is 4.82. The van der Waals surface area contributed by atoms with Gasteiger partial charge < -0.3 is 5.32 Å². The number of nitrogens with one attached hydrogen (secondary N) is 1. The highest BCUT2D eigenvalue weighted by Crippen LogP contribution is 2.27. The van der Waals surface area contributed by atoms with Gasteiger partial charge in [-0.2, -0.15) is 0 Å². The van der Waals surface area contributed by atoms with E-state index in [2.05, 4.69) is 29.1 Å². The van der Waals surface area contributed by atoms with Crippen LogP contribution in [0, 0.1) is 5.41 Å². The molecule has 15 heavy (non-hydrogen) atoms. The predicted octanol–water partition coefficient (Wildman–Crippen LogP) is 2.93. The zero-order chi connectivity index (χ0) is 11.1. The summed E-state index contributed by atoms with van der Waals surface area (Å²) in [4.78, 5) is 7.99. The minimum atomic E-state index is 0.173. The molecule has 0 saturated carbocycles. The average molecular weight is 228 g/mol. The maximum absolute atomic E-state index is 6.02. The fraction of sp³-hybridized carbons (Fsp3) is 0.636. The SMILES string of the molecule is CCC(CC)(CCl)CNc1ccncn1. The fourth-order valence-electron chi connectivity index (χ4n) is 1.41. The summed E-state index contributed by atoms with van der Waals surface area (Å²) in [6.07, 6.45) is 5.42. The lowest BCUT2D eigenvalue weighted by Crippen LogP contribution is -2.30. The fourth-order valence-corrected chi connectivity index (χ4v) is 1.88. The van der Waals surface area contributed by atoms with Gasteiger partial charge in [0.05, 0.1) is 0 Å². The molecule has 1 aromatic heterocycles. The van der Waals surface area contributed by atoms with Crippen LogP contribution in [-0.2, 0) is 0 Å². The van der Waals surface area contributed by atoms with Gasteiger partial charge in [0.25, 0.3) is 0 Å². The maximum atomic E-state index is 6.02. The molecule has 0 fully saturated rings. The van der Waals surface area contributed by atoms with E-state index < -0.39 is 0 Å².